The molecule has 390 valence electrons. The van der Waals surface area contributed by atoms with Gasteiger partial charge in [0, 0.05) is 82.3 Å². The van der Waals surface area contributed by atoms with E-state index >= 15 is 0 Å². The van der Waals surface area contributed by atoms with Crippen molar-refractivity contribution in [1.29, 1.82) is 5.26 Å². The molecule has 0 saturated carbocycles. The van der Waals surface area contributed by atoms with E-state index in [1.807, 2.05) is 66.7 Å². The van der Waals surface area contributed by atoms with Crippen LogP contribution in [-0.2, 0) is 0 Å². The van der Waals surface area contributed by atoms with E-state index in [-0.39, 0.29) is 0 Å². The second kappa shape index (κ2) is 18.7. The number of rotatable bonds is 8. The number of hydrogen-bond acceptors (Lipinski definition) is 4. The van der Waals surface area contributed by atoms with Crippen molar-refractivity contribution < 1.29 is 0 Å². The molecule has 0 unspecified atom stereocenters. The molecule has 17 aromatic rings. The zero-order valence-corrected chi connectivity index (χ0v) is 45.1. The highest BCUT2D eigenvalue weighted by Crippen LogP contribution is 2.46. The number of para-hydroxylation sites is 6. The maximum atomic E-state index is 10.9. The third-order valence-corrected chi connectivity index (χ3v) is 16.8. The highest BCUT2D eigenvalue weighted by Gasteiger charge is 2.26. The van der Waals surface area contributed by atoms with Gasteiger partial charge in [-0.3, -0.25) is 0 Å². The Balaban J connectivity index is 0.993. The van der Waals surface area contributed by atoms with Crippen LogP contribution in [0.1, 0.15) is 5.56 Å². The summed E-state index contributed by atoms with van der Waals surface area (Å²) in [5.74, 6) is 1.71. The molecule has 8 heteroatoms. The normalized spacial score (nSPS) is 11.8. The third-order valence-electron chi connectivity index (χ3n) is 16.8. The van der Waals surface area contributed by atoms with Crippen molar-refractivity contribution in [2.45, 2.75) is 0 Å². The monoisotopic (exact) mass is 1070 g/mol. The van der Waals surface area contributed by atoms with Crippen molar-refractivity contribution in [2.75, 3.05) is 0 Å². The zero-order valence-electron chi connectivity index (χ0n) is 45.1. The van der Waals surface area contributed by atoms with Gasteiger partial charge in [-0.1, -0.05) is 188 Å². The minimum atomic E-state index is 0.545. The predicted octanol–water partition coefficient (Wildman–Crippen LogP) is 18.8. The summed E-state index contributed by atoms with van der Waals surface area (Å²) in [6.07, 6.45) is 0. The molecule has 84 heavy (non-hydrogen) atoms. The third kappa shape index (κ3) is 7.23. The molecule has 0 radical (unpaired) electrons. The van der Waals surface area contributed by atoms with E-state index in [4.69, 9.17) is 15.0 Å². The molecule has 0 amide bonds. The second-order valence-electron chi connectivity index (χ2n) is 21.5. The van der Waals surface area contributed by atoms with Gasteiger partial charge in [0.1, 0.15) is 0 Å². The van der Waals surface area contributed by atoms with Gasteiger partial charge < -0.3 is 18.3 Å². The minimum absolute atomic E-state index is 0.545. The molecule has 0 saturated heterocycles. The van der Waals surface area contributed by atoms with Crippen LogP contribution in [0.2, 0.25) is 0 Å². The fourth-order valence-electron chi connectivity index (χ4n) is 13.1. The van der Waals surface area contributed by atoms with E-state index in [9.17, 15) is 5.26 Å². The number of fused-ring (bicyclic) bond motifs is 12. The number of hydrogen-bond donors (Lipinski definition) is 0. The lowest BCUT2D eigenvalue weighted by Gasteiger charge is -2.20. The number of aromatic nitrogens is 7. The molecule has 5 heterocycles. The van der Waals surface area contributed by atoms with E-state index in [1.54, 1.807) is 0 Å². The van der Waals surface area contributed by atoms with Gasteiger partial charge in [-0.15, -0.1) is 0 Å². The van der Waals surface area contributed by atoms with Gasteiger partial charge in [-0.25, -0.2) is 15.0 Å². The lowest BCUT2D eigenvalue weighted by Crippen LogP contribution is -2.04. The van der Waals surface area contributed by atoms with E-state index < -0.39 is 0 Å². The van der Waals surface area contributed by atoms with Crippen LogP contribution in [0.5, 0.6) is 0 Å². The van der Waals surface area contributed by atoms with Gasteiger partial charge in [0.05, 0.1) is 67.1 Å². The molecular weight excluding hydrogens is 1020 g/mol. The summed E-state index contributed by atoms with van der Waals surface area (Å²) < 4.78 is 9.57. The van der Waals surface area contributed by atoms with Crippen LogP contribution in [0.25, 0.3) is 155 Å². The van der Waals surface area contributed by atoms with Gasteiger partial charge in [-0.05, 0) is 91.0 Å². The summed E-state index contributed by atoms with van der Waals surface area (Å²) in [4.78, 5) is 15.7. The first-order chi connectivity index (χ1) is 41.6. The minimum Gasteiger partial charge on any atom is -0.309 e. The Kier molecular flexibility index (Phi) is 10.5. The number of benzene rings is 12. The van der Waals surface area contributed by atoms with Crippen LogP contribution < -0.4 is 0 Å². The summed E-state index contributed by atoms with van der Waals surface area (Å²) in [5.41, 5.74) is 17.6. The molecule has 5 aromatic heterocycles. The van der Waals surface area contributed by atoms with Gasteiger partial charge in [0.25, 0.3) is 0 Å². The fourth-order valence-corrected chi connectivity index (χ4v) is 13.1. The Labute approximate surface area is 481 Å². The smallest absolute Gasteiger partial charge is 0.164 e. The highest BCUT2D eigenvalue weighted by molar-refractivity contribution is 6.21. The molecule has 8 nitrogen and oxygen atoms in total. The predicted molar refractivity (Wildman–Crippen MR) is 344 cm³/mol. The van der Waals surface area contributed by atoms with Gasteiger partial charge in [-0.2, -0.15) is 5.26 Å². The van der Waals surface area contributed by atoms with Crippen LogP contribution in [0.3, 0.4) is 0 Å². The largest absolute Gasteiger partial charge is 0.309 e. The average molecular weight is 1070 g/mol. The summed E-state index contributed by atoms with van der Waals surface area (Å²) in [5, 5.41) is 20.1. The Hall–Kier alpha value is -11.7. The van der Waals surface area contributed by atoms with E-state index in [2.05, 4.69) is 237 Å². The topological polar surface area (TPSA) is 82.2 Å². The Morgan fingerprint density at radius 1 is 0.250 bits per heavy atom. The highest BCUT2D eigenvalue weighted by atomic mass is 15.1. The lowest BCUT2D eigenvalue weighted by molar-refractivity contribution is 1.07. The van der Waals surface area contributed by atoms with Crippen LogP contribution in [0.4, 0.5) is 0 Å². The summed E-state index contributed by atoms with van der Waals surface area (Å²) in [6, 6.07) is 101. The van der Waals surface area contributed by atoms with Crippen molar-refractivity contribution in [3.63, 3.8) is 0 Å². The first-order valence-corrected chi connectivity index (χ1v) is 28.2. The van der Waals surface area contributed by atoms with Crippen LogP contribution >= 0.6 is 0 Å². The molecule has 0 bridgehead atoms. The Bertz CT molecular complexity index is 5490. The van der Waals surface area contributed by atoms with Gasteiger partial charge in [0.15, 0.2) is 17.5 Å². The van der Waals surface area contributed by atoms with Crippen LogP contribution in [-0.4, -0.2) is 33.2 Å². The molecule has 0 spiro atoms. The van der Waals surface area contributed by atoms with Crippen molar-refractivity contribution in [3.05, 3.63) is 285 Å². The fraction of sp³-hybridized carbons (Fsp3) is 0. The molecule has 0 atom stereocenters. The van der Waals surface area contributed by atoms with Gasteiger partial charge in [0.2, 0.25) is 0 Å². The maximum absolute atomic E-state index is 10.9. The Morgan fingerprint density at radius 2 is 0.583 bits per heavy atom. The van der Waals surface area contributed by atoms with Crippen LogP contribution in [0, 0.1) is 11.3 Å². The van der Waals surface area contributed by atoms with Crippen LogP contribution in [0.15, 0.2) is 279 Å². The van der Waals surface area contributed by atoms with Crippen molar-refractivity contribution in [1.82, 2.24) is 33.2 Å². The van der Waals surface area contributed by atoms with Gasteiger partial charge >= 0.3 is 0 Å². The van der Waals surface area contributed by atoms with E-state index in [0.29, 0.717) is 23.0 Å². The molecule has 12 aromatic carbocycles. The molecule has 0 aliphatic heterocycles. The van der Waals surface area contributed by atoms with E-state index in [0.717, 1.165) is 116 Å². The molecule has 17 rings (SSSR count). The summed E-state index contributed by atoms with van der Waals surface area (Å²) in [6.45, 7) is 0. The summed E-state index contributed by atoms with van der Waals surface area (Å²) >= 11 is 0. The number of nitriles is 1. The molecule has 0 aliphatic rings. The lowest BCUT2D eigenvalue weighted by atomic mass is 9.97. The number of nitrogens with zero attached hydrogens (tertiary/aromatic N) is 8. The molecule has 0 fully saturated rings. The molecule has 0 N–H and O–H groups in total. The maximum Gasteiger partial charge on any atom is 0.164 e. The quantitative estimate of drug-likeness (QED) is 0.152. The zero-order chi connectivity index (χ0) is 55.4. The van der Waals surface area contributed by atoms with Crippen molar-refractivity contribution >= 4 is 87.2 Å². The second-order valence-corrected chi connectivity index (χ2v) is 21.5. The molecule has 0 aliphatic carbocycles. The standard InChI is InChI=1S/C76H46N8/c77-47-48-37-39-58(68(41-48)83-66-35-19-15-31-56(66)62-43-60-54-29-13-17-33-64(54)81(70(60)45-72(62)83)52-25-9-3-10-26-52)59-40-38-51(76-79-74(49-21-5-1-6-22-49)78-75(80-76)50-23-7-2-8-24-50)42-69(59)84-67-36-20-16-32-57(67)63-44-61-55-30-14-18-34-65(55)82(71(61)46-73(63)84)53-27-11-4-12-28-53/h1-46H. The summed E-state index contributed by atoms with van der Waals surface area (Å²) in [7, 11) is 0. The Morgan fingerprint density at radius 3 is 1.00 bits per heavy atom. The van der Waals surface area contributed by atoms with E-state index in [1.165, 1.54) is 21.5 Å². The average Bonchev–Trinajstić information content (AvgIpc) is 2.85. The first kappa shape index (κ1) is 47.2. The van der Waals surface area contributed by atoms with Crippen molar-refractivity contribution in [3.8, 4) is 74.1 Å². The van der Waals surface area contributed by atoms with Crippen molar-refractivity contribution in [2.24, 2.45) is 0 Å². The molecular formula is C76H46N8. The SMILES string of the molecule is N#Cc1ccc(-c2ccc(-c3nc(-c4ccccc4)nc(-c4ccccc4)n3)cc2-n2c3ccccc3c3cc4c5ccccc5n(-c5ccccc5)c4cc32)c(-n2c3ccccc3c3cc4c5ccccc5n(-c5ccccc5)c4cc32)c1. The first-order valence-electron chi connectivity index (χ1n) is 28.2.